The quantitative estimate of drug-likeness (QED) is 0.881. The number of ether oxygens (including phenoxy) is 2. The molecule has 0 unspecified atom stereocenters. The summed E-state index contributed by atoms with van der Waals surface area (Å²) in [5.74, 6) is 0.0773. The Morgan fingerprint density at radius 3 is 2.29 bits per heavy atom. The van der Waals surface area contributed by atoms with Crippen molar-refractivity contribution in [2.45, 2.75) is 39.0 Å². The Bertz CT molecular complexity index is 484. The van der Waals surface area contributed by atoms with Gasteiger partial charge < -0.3 is 14.8 Å². The normalized spacial score (nSPS) is 12.4. The summed E-state index contributed by atoms with van der Waals surface area (Å²) in [5, 5.41) is 3.34. The van der Waals surface area contributed by atoms with Gasteiger partial charge in [0.2, 0.25) is 0 Å². The minimum atomic E-state index is -4.43. The Hall–Kier alpha value is -1.14. The second-order valence-electron chi connectivity index (χ2n) is 5.62. The van der Waals surface area contributed by atoms with Crippen LogP contribution in [0.5, 0.6) is 11.5 Å². The molecule has 0 aliphatic heterocycles. The topological polar surface area (TPSA) is 30.5 Å². The average Bonchev–Trinajstić information content (AvgIpc) is 2.32. The van der Waals surface area contributed by atoms with Crippen LogP contribution in [-0.2, 0) is 6.54 Å². The van der Waals surface area contributed by atoms with Crippen molar-refractivity contribution in [2.24, 2.45) is 0 Å². The van der Waals surface area contributed by atoms with Crippen molar-refractivity contribution < 1.29 is 22.6 Å². The molecule has 0 aliphatic carbocycles. The number of methoxy groups -OCH3 is 1. The fourth-order valence-electron chi connectivity index (χ4n) is 1.54. The second-order valence-corrected chi connectivity index (χ2v) is 6.02. The summed E-state index contributed by atoms with van der Waals surface area (Å²) in [6.45, 7) is 5.12. The van der Waals surface area contributed by atoms with Crippen LogP contribution in [0.1, 0.15) is 26.3 Å². The van der Waals surface area contributed by atoms with Gasteiger partial charge in [-0.25, -0.2) is 0 Å². The van der Waals surface area contributed by atoms with E-state index in [2.05, 4.69) is 5.32 Å². The maximum atomic E-state index is 12.2. The first kappa shape index (κ1) is 17.9. The molecule has 1 rings (SSSR count). The van der Waals surface area contributed by atoms with Crippen LogP contribution in [0.3, 0.4) is 0 Å². The third-order valence-electron chi connectivity index (χ3n) is 2.49. The lowest BCUT2D eigenvalue weighted by Crippen LogP contribution is -2.35. The van der Waals surface area contributed by atoms with Crippen molar-refractivity contribution in [2.75, 3.05) is 13.7 Å². The van der Waals surface area contributed by atoms with Gasteiger partial charge in [-0.3, -0.25) is 0 Å². The molecule has 120 valence electrons. The molecule has 0 amide bonds. The molecule has 0 spiro atoms. The highest BCUT2D eigenvalue weighted by atomic mass is 35.5. The largest absolute Gasteiger partial charge is 0.493 e. The van der Waals surface area contributed by atoms with Gasteiger partial charge in [0.25, 0.3) is 0 Å². The molecule has 3 nitrogen and oxygen atoms in total. The zero-order valence-electron chi connectivity index (χ0n) is 12.4. The first-order valence-corrected chi connectivity index (χ1v) is 6.70. The van der Waals surface area contributed by atoms with Crippen molar-refractivity contribution in [3.8, 4) is 11.5 Å². The summed E-state index contributed by atoms with van der Waals surface area (Å²) in [5.41, 5.74) is 0.705. The van der Waals surface area contributed by atoms with Gasteiger partial charge in [0, 0.05) is 12.1 Å². The van der Waals surface area contributed by atoms with E-state index in [0.29, 0.717) is 6.54 Å². The molecule has 0 saturated heterocycles. The number of hydrogen-bond acceptors (Lipinski definition) is 3. The van der Waals surface area contributed by atoms with Crippen molar-refractivity contribution >= 4 is 11.6 Å². The van der Waals surface area contributed by atoms with Gasteiger partial charge in [0.05, 0.1) is 12.1 Å². The average molecular weight is 326 g/mol. The fraction of sp³-hybridized carbons (Fsp3) is 0.571. The minimum Gasteiger partial charge on any atom is -0.493 e. The van der Waals surface area contributed by atoms with E-state index in [9.17, 15) is 13.2 Å². The van der Waals surface area contributed by atoms with E-state index in [-0.39, 0.29) is 22.1 Å². The van der Waals surface area contributed by atoms with E-state index < -0.39 is 12.8 Å². The molecule has 0 fully saturated rings. The summed E-state index contributed by atoms with van der Waals surface area (Å²) >= 11 is 5.99. The number of nitrogens with one attached hydrogen (secondary N) is 1. The lowest BCUT2D eigenvalue weighted by atomic mass is 10.1. The van der Waals surface area contributed by atoms with Crippen molar-refractivity contribution in [3.05, 3.63) is 22.7 Å². The fourth-order valence-corrected chi connectivity index (χ4v) is 1.82. The maximum Gasteiger partial charge on any atom is 0.422 e. The smallest absolute Gasteiger partial charge is 0.422 e. The van der Waals surface area contributed by atoms with E-state index in [0.717, 1.165) is 5.56 Å². The Labute approximate surface area is 127 Å². The highest BCUT2D eigenvalue weighted by Gasteiger charge is 2.29. The summed E-state index contributed by atoms with van der Waals surface area (Å²) in [6, 6.07) is 3.17. The van der Waals surface area contributed by atoms with Crippen molar-refractivity contribution in [1.29, 1.82) is 0 Å². The van der Waals surface area contributed by atoms with Gasteiger partial charge >= 0.3 is 6.18 Å². The van der Waals surface area contributed by atoms with Crippen LogP contribution in [0.25, 0.3) is 0 Å². The lowest BCUT2D eigenvalue weighted by molar-refractivity contribution is -0.153. The predicted molar refractivity (Wildman–Crippen MR) is 76.1 cm³/mol. The molecule has 0 atom stereocenters. The summed E-state index contributed by atoms with van der Waals surface area (Å²) in [4.78, 5) is 0. The second kappa shape index (κ2) is 6.75. The molecule has 1 aromatic rings. The summed E-state index contributed by atoms with van der Waals surface area (Å²) in [7, 11) is 1.35. The molecule has 0 aliphatic rings. The highest BCUT2D eigenvalue weighted by molar-refractivity contribution is 6.32. The summed E-state index contributed by atoms with van der Waals surface area (Å²) < 4.78 is 46.4. The number of hydrogen-bond donors (Lipinski definition) is 1. The molecule has 1 N–H and O–H groups in total. The molecule has 21 heavy (non-hydrogen) atoms. The van der Waals surface area contributed by atoms with E-state index in [1.54, 1.807) is 12.1 Å². The first-order valence-electron chi connectivity index (χ1n) is 6.33. The zero-order chi connectivity index (χ0) is 16.3. The van der Waals surface area contributed by atoms with Gasteiger partial charge in [-0.2, -0.15) is 13.2 Å². The van der Waals surface area contributed by atoms with Crippen LogP contribution >= 0.6 is 11.6 Å². The van der Waals surface area contributed by atoms with Crippen LogP contribution in [0, 0.1) is 0 Å². The molecule has 0 aromatic heterocycles. The van der Waals surface area contributed by atoms with Crippen molar-refractivity contribution in [1.82, 2.24) is 5.32 Å². The van der Waals surface area contributed by atoms with Crippen LogP contribution in [0.15, 0.2) is 12.1 Å². The SMILES string of the molecule is COc1cc(CNC(C)(C)C)cc(Cl)c1OCC(F)(F)F. The van der Waals surface area contributed by atoms with Crippen LogP contribution in [-0.4, -0.2) is 25.4 Å². The molecule has 1 aromatic carbocycles. The molecule has 0 bridgehead atoms. The molecular formula is C14H19ClF3NO2. The molecular weight excluding hydrogens is 307 g/mol. The van der Waals surface area contributed by atoms with E-state index >= 15 is 0 Å². The Morgan fingerprint density at radius 2 is 1.81 bits per heavy atom. The van der Waals surface area contributed by atoms with E-state index in [1.807, 2.05) is 20.8 Å². The van der Waals surface area contributed by atoms with Crippen molar-refractivity contribution in [3.63, 3.8) is 0 Å². The van der Waals surface area contributed by atoms with Gasteiger partial charge in [-0.05, 0) is 38.5 Å². The maximum absolute atomic E-state index is 12.2. The van der Waals surface area contributed by atoms with E-state index in [1.165, 1.54) is 7.11 Å². The third-order valence-corrected chi connectivity index (χ3v) is 2.77. The molecule has 7 heteroatoms. The van der Waals surface area contributed by atoms with Crippen LogP contribution in [0.4, 0.5) is 13.2 Å². The Kier molecular flexibility index (Phi) is 5.75. The van der Waals surface area contributed by atoms with Gasteiger partial charge in [0.1, 0.15) is 0 Å². The lowest BCUT2D eigenvalue weighted by Gasteiger charge is -2.21. The van der Waals surface area contributed by atoms with Gasteiger partial charge in [-0.15, -0.1) is 0 Å². The minimum absolute atomic E-state index is 0.0873. The monoisotopic (exact) mass is 325 g/mol. The van der Waals surface area contributed by atoms with Gasteiger partial charge in [-0.1, -0.05) is 11.6 Å². The number of alkyl halides is 3. The highest BCUT2D eigenvalue weighted by Crippen LogP contribution is 2.37. The molecule has 0 radical (unpaired) electrons. The molecule has 0 saturated carbocycles. The predicted octanol–water partition coefficient (Wildman–Crippen LogP) is 4.18. The van der Waals surface area contributed by atoms with Gasteiger partial charge in [0.15, 0.2) is 18.1 Å². The summed E-state index contributed by atoms with van der Waals surface area (Å²) in [6.07, 6.45) is -4.43. The standard InChI is InChI=1S/C14H19ClF3NO2/c1-13(2,3)19-7-9-5-10(15)12(11(6-9)20-4)21-8-14(16,17)18/h5-6,19H,7-8H2,1-4H3. The first-order chi connectivity index (χ1) is 9.52. The third kappa shape index (κ3) is 6.44. The number of halogens is 4. The van der Waals surface area contributed by atoms with E-state index in [4.69, 9.17) is 21.1 Å². The Morgan fingerprint density at radius 1 is 1.19 bits per heavy atom. The Balaban J connectivity index is 2.92. The zero-order valence-corrected chi connectivity index (χ0v) is 13.2. The number of rotatable bonds is 5. The van der Waals surface area contributed by atoms with Crippen LogP contribution in [0.2, 0.25) is 5.02 Å². The molecule has 0 heterocycles. The number of benzene rings is 1. The van der Waals surface area contributed by atoms with Crippen LogP contribution < -0.4 is 14.8 Å².